The minimum Gasteiger partial charge on any atom is -0.375 e. The fourth-order valence-corrected chi connectivity index (χ4v) is 4.67. The van der Waals surface area contributed by atoms with Crippen molar-refractivity contribution in [3.8, 4) is 10.4 Å². The monoisotopic (exact) mass is 400 g/mol. The van der Waals surface area contributed by atoms with Gasteiger partial charge in [-0.2, -0.15) is 0 Å². The van der Waals surface area contributed by atoms with Crippen molar-refractivity contribution in [3.05, 3.63) is 47.3 Å². The smallest absolute Gasteiger partial charge is 0.248 e. The molecule has 0 spiro atoms. The molecule has 1 aromatic heterocycles. The molecule has 0 saturated carbocycles. The third-order valence-electron chi connectivity index (χ3n) is 5.32. The summed E-state index contributed by atoms with van der Waals surface area (Å²) in [6, 6.07) is 12.6. The Morgan fingerprint density at radius 3 is 2.68 bits per heavy atom. The number of benzene rings is 1. The van der Waals surface area contributed by atoms with Crippen LogP contribution in [-0.2, 0) is 20.7 Å². The van der Waals surface area contributed by atoms with Crippen LogP contribution in [0.1, 0.15) is 25.3 Å². The lowest BCUT2D eigenvalue weighted by Crippen LogP contribution is -2.55. The van der Waals surface area contributed by atoms with Crippen LogP contribution in [0.5, 0.6) is 0 Å². The summed E-state index contributed by atoms with van der Waals surface area (Å²) in [5.74, 6) is -0.0174. The summed E-state index contributed by atoms with van der Waals surface area (Å²) in [6.45, 7) is 3.69. The Kier molecular flexibility index (Phi) is 6.86. The number of thiophene rings is 1. The molecule has 1 N–H and O–H groups in total. The highest BCUT2D eigenvalue weighted by molar-refractivity contribution is 7.13. The molecule has 2 aromatic rings. The van der Waals surface area contributed by atoms with Crippen molar-refractivity contribution in [2.75, 3.05) is 33.4 Å². The summed E-state index contributed by atoms with van der Waals surface area (Å²) in [6.07, 6.45) is 2.22. The molecule has 1 aliphatic rings. The van der Waals surface area contributed by atoms with Crippen LogP contribution in [0.15, 0.2) is 41.8 Å². The zero-order chi connectivity index (χ0) is 20.0. The molecule has 5 nitrogen and oxygen atoms in total. The van der Waals surface area contributed by atoms with Crippen LogP contribution in [0.3, 0.4) is 0 Å². The van der Waals surface area contributed by atoms with E-state index in [0.717, 1.165) is 18.4 Å². The van der Waals surface area contributed by atoms with E-state index < -0.39 is 5.41 Å². The van der Waals surface area contributed by atoms with Crippen LogP contribution in [0.2, 0.25) is 0 Å². The number of hydrogen-bond acceptors (Lipinski definition) is 4. The summed E-state index contributed by atoms with van der Waals surface area (Å²) in [5.41, 5.74) is 1.71. The van der Waals surface area contributed by atoms with Crippen molar-refractivity contribution in [1.29, 1.82) is 0 Å². The number of nitrogens with one attached hydrogen (secondary N) is 1. The Hall–Kier alpha value is -2.18. The highest BCUT2D eigenvalue weighted by Gasteiger charge is 2.43. The number of likely N-dealkylation sites (tertiary alicyclic amines) is 1. The van der Waals surface area contributed by atoms with Crippen LogP contribution in [0.4, 0.5) is 0 Å². The number of amides is 2. The standard InChI is InChI=1S/C22H28N2O3S/c1-3-23-21(26)22(11-5-12-24(16-22)20(25)15-27-2)14-17-7-9-18(10-8-17)19-6-4-13-28-19/h4,6-10,13H,3,5,11-12,14-16H2,1-2H3,(H,23,26). The Morgan fingerprint density at radius 2 is 2.04 bits per heavy atom. The van der Waals surface area contributed by atoms with Gasteiger partial charge in [0.1, 0.15) is 6.61 Å². The molecule has 1 saturated heterocycles. The number of carbonyl (C=O) groups excluding carboxylic acids is 2. The van der Waals surface area contributed by atoms with Crippen LogP contribution >= 0.6 is 11.3 Å². The fourth-order valence-electron chi connectivity index (χ4n) is 3.94. The van der Waals surface area contributed by atoms with Gasteiger partial charge in [-0.15, -0.1) is 11.3 Å². The number of piperidine rings is 1. The molecule has 0 aliphatic carbocycles. The van der Waals surface area contributed by atoms with Gasteiger partial charge in [-0.05, 0) is 48.8 Å². The van der Waals surface area contributed by atoms with Crippen LogP contribution in [-0.4, -0.2) is 50.1 Å². The van der Waals surface area contributed by atoms with E-state index in [-0.39, 0.29) is 18.4 Å². The molecule has 0 radical (unpaired) electrons. The van der Waals surface area contributed by atoms with Crippen LogP contribution in [0, 0.1) is 5.41 Å². The highest BCUT2D eigenvalue weighted by atomic mass is 32.1. The SMILES string of the molecule is CCNC(=O)C1(Cc2ccc(-c3cccs3)cc2)CCCN(C(=O)COC)C1. The van der Waals surface area contributed by atoms with Gasteiger partial charge in [-0.25, -0.2) is 0 Å². The predicted molar refractivity (Wildman–Crippen MR) is 112 cm³/mol. The molecule has 1 aliphatic heterocycles. The van der Waals surface area contributed by atoms with Gasteiger partial charge in [0.15, 0.2) is 0 Å². The molecule has 2 amide bonds. The molecule has 150 valence electrons. The average molecular weight is 401 g/mol. The zero-order valence-corrected chi connectivity index (χ0v) is 17.4. The lowest BCUT2D eigenvalue weighted by atomic mass is 9.74. The third kappa shape index (κ3) is 4.62. The first-order valence-electron chi connectivity index (χ1n) is 9.76. The van der Waals surface area contributed by atoms with E-state index in [1.807, 2.05) is 13.0 Å². The van der Waals surface area contributed by atoms with Gasteiger partial charge in [-0.1, -0.05) is 30.3 Å². The molecular formula is C22H28N2O3S. The molecule has 6 heteroatoms. The average Bonchev–Trinajstić information content (AvgIpc) is 3.24. The van der Waals surface area contributed by atoms with Gasteiger partial charge in [0.2, 0.25) is 11.8 Å². The van der Waals surface area contributed by atoms with Crippen molar-refractivity contribution < 1.29 is 14.3 Å². The molecule has 1 unspecified atom stereocenters. The second-order valence-corrected chi connectivity index (χ2v) is 8.29. The maximum Gasteiger partial charge on any atom is 0.248 e. The van der Waals surface area contributed by atoms with Crippen LogP contribution in [0.25, 0.3) is 10.4 Å². The second kappa shape index (κ2) is 9.34. The largest absolute Gasteiger partial charge is 0.375 e. The quantitative estimate of drug-likeness (QED) is 0.775. The van der Waals surface area contributed by atoms with E-state index in [4.69, 9.17) is 4.74 Å². The van der Waals surface area contributed by atoms with Crippen molar-refractivity contribution >= 4 is 23.2 Å². The summed E-state index contributed by atoms with van der Waals surface area (Å²) in [7, 11) is 1.52. The molecule has 0 bridgehead atoms. The number of nitrogens with zero attached hydrogens (tertiary/aromatic N) is 1. The predicted octanol–water partition coefficient (Wildman–Crippen LogP) is 3.35. The molecule has 1 atom stereocenters. The normalized spacial score (nSPS) is 19.4. The summed E-state index contributed by atoms with van der Waals surface area (Å²) in [4.78, 5) is 28.4. The summed E-state index contributed by atoms with van der Waals surface area (Å²) < 4.78 is 5.01. The maximum absolute atomic E-state index is 13.0. The Labute approximate surface area is 170 Å². The number of hydrogen-bond donors (Lipinski definition) is 1. The van der Waals surface area contributed by atoms with Gasteiger partial charge in [0.25, 0.3) is 0 Å². The van der Waals surface area contributed by atoms with Crippen molar-refractivity contribution in [2.45, 2.75) is 26.2 Å². The third-order valence-corrected chi connectivity index (χ3v) is 6.24. The first-order valence-corrected chi connectivity index (χ1v) is 10.6. The minimum absolute atomic E-state index is 0.0345. The molecular weight excluding hydrogens is 372 g/mol. The van der Waals surface area contributed by atoms with E-state index >= 15 is 0 Å². The van der Waals surface area contributed by atoms with Gasteiger partial charge >= 0.3 is 0 Å². The van der Waals surface area contributed by atoms with E-state index in [1.54, 1.807) is 16.2 Å². The first-order chi connectivity index (χ1) is 13.6. The Bertz CT molecular complexity index is 789. The van der Waals surface area contributed by atoms with Crippen molar-refractivity contribution in [1.82, 2.24) is 10.2 Å². The van der Waals surface area contributed by atoms with Crippen molar-refractivity contribution in [2.24, 2.45) is 5.41 Å². The Balaban J connectivity index is 1.81. The van der Waals surface area contributed by atoms with E-state index in [0.29, 0.717) is 26.1 Å². The maximum atomic E-state index is 13.0. The topological polar surface area (TPSA) is 58.6 Å². The molecule has 28 heavy (non-hydrogen) atoms. The summed E-state index contributed by atoms with van der Waals surface area (Å²) in [5, 5.41) is 5.07. The van der Waals surface area contributed by atoms with Crippen molar-refractivity contribution in [3.63, 3.8) is 0 Å². The summed E-state index contributed by atoms with van der Waals surface area (Å²) >= 11 is 1.72. The minimum atomic E-state index is -0.595. The zero-order valence-electron chi connectivity index (χ0n) is 16.6. The van der Waals surface area contributed by atoms with Gasteiger partial charge < -0.3 is 15.0 Å². The second-order valence-electron chi connectivity index (χ2n) is 7.34. The number of carbonyl (C=O) groups is 2. The highest BCUT2D eigenvalue weighted by Crippen LogP contribution is 2.35. The lowest BCUT2D eigenvalue weighted by Gasteiger charge is -2.41. The van der Waals surface area contributed by atoms with Gasteiger partial charge in [0, 0.05) is 31.6 Å². The van der Waals surface area contributed by atoms with Gasteiger partial charge in [0.05, 0.1) is 5.41 Å². The lowest BCUT2D eigenvalue weighted by molar-refractivity contribution is -0.144. The first kappa shape index (κ1) is 20.6. The number of ether oxygens (including phenoxy) is 1. The molecule has 2 heterocycles. The molecule has 1 fully saturated rings. The molecule has 1 aromatic carbocycles. The fraction of sp³-hybridized carbons (Fsp3) is 0.455. The Morgan fingerprint density at radius 1 is 1.25 bits per heavy atom. The van der Waals surface area contributed by atoms with Crippen LogP contribution < -0.4 is 5.32 Å². The number of rotatable bonds is 7. The van der Waals surface area contributed by atoms with E-state index in [9.17, 15) is 9.59 Å². The number of methoxy groups -OCH3 is 1. The van der Waals surface area contributed by atoms with E-state index in [2.05, 4.69) is 41.0 Å². The van der Waals surface area contributed by atoms with Gasteiger partial charge in [-0.3, -0.25) is 9.59 Å². The van der Waals surface area contributed by atoms with E-state index in [1.165, 1.54) is 17.6 Å². The molecule has 3 rings (SSSR count).